The average molecular weight is 439 g/mol. The third-order valence-electron chi connectivity index (χ3n) is 5.25. The highest BCUT2D eigenvalue weighted by molar-refractivity contribution is 7.90. The van der Waals surface area contributed by atoms with E-state index in [0.717, 1.165) is 17.4 Å². The highest BCUT2D eigenvalue weighted by Crippen LogP contribution is 2.26. The maximum atomic E-state index is 12.9. The first-order chi connectivity index (χ1) is 14.7. The molecule has 2 heterocycles. The minimum atomic E-state index is -3.26. The summed E-state index contributed by atoms with van der Waals surface area (Å²) in [6, 6.07) is 11.3. The van der Waals surface area contributed by atoms with Gasteiger partial charge in [-0.2, -0.15) is 0 Å². The molecule has 9 heteroatoms. The van der Waals surface area contributed by atoms with Gasteiger partial charge in [0.05, 0.1) is 10.9 Å². The Labute approximate surface area is 180 Å². The fourth-order valence-electron chi connectivity index (χ4n) is 3.56. The number of nitrogens with zero attached hydrogens (tertiary/aromatic N) is 2. The Bertz CT molecular complexity index is 1240. The van der Waals surface area contributed by atoms with Gasteiger partial charge in [0.2, 0.25) is 0 Å². The van der Waals surface area contributed by atoms with E-state index in [-0.39, 0.29) is 22.8 Å². The Balaban J connectivity index is 1.46. The number of aromatic nitrogens is 2. The zero-order valence-corrected chi connectivity index (χ0v) is 17.9. The van der Waals surface area contributed by atoms with Gasteiger partial charge in [-0.1, -0.05) is 18.2 Å². The molecule has 4 rings (SSSR count). The summed E-state index contributed by atoms with van der Waals surface area (Å²) in [5.74, 6) is 0.212. The molecule has 0 fully saturated rings. The third-order valence-corrected chi connectivity index (χ3v) is 6.38. The normalized spacial score (nSPS) is 14.4. The van der Waals surface area contributed by atoms with E-state index < -0.39 is 9.84 Å². The lowest BCUT2D eigenvalue weighted by atomic mass is 10.1. The van der Waals surface area contributed by atoms with Crippen LogP contribution in [0.15, 0.2) is 59.8 Å². The zero-order valence-electron chi connectivity index (χ0n) is 17.1. The number of amides is 2. The number of aromatic amines is 1. The van der Waals surface area contributed by atoms with Crippen molar-refractivity contribution in [1.82, 2.24) is 20.2 Å². The molecule has 31 heavy (non-hydrogen) atoms. The molecule has 2 N–H and O–H groups in total. The molecule has 0 radical (unpaired) electrons. The number of benzene rings is 2. The summed E-state index contributed by atoms with van der Waals surface area (Å²) >= 11 is 0. The Kier molecular flexibility index (Phi) is 5.36. The minimum absolute atomic E-state index is 0.157. The van der Waals surface area contributed by atoms with Crippen LogP contribution in [0.2, 0.25) is 0 Å². The van der Waals surface area contributed by atoms with Gasteiger partial charge in [0, 0.05) is 42.9 Å². The number of fused-ring (bicyclic) bond motifs is 1. The largest absolute Gasteiger partial charge is 0.347 e. The summed E-state index contributed by atoms with van der Waals surface area (Å²) in [5.41, 5.74) is 2.60. The SMILES string of the molecule is CC(NC(=O)c1ccc2c(c1)C(=O)N(Cc1ccc(S(C)(=O)=O)cc1)C2)c1ncc[nH]1. The molecule has 0 aliphatic carbocycles. The van der Waals surface area contributed by atoms with Crippen molar-refractivity contribution in [2.24, 2.45) is 0 Å². The molecule has 160 valence electrons. The van der Waals surface area contributed by atoms with Crippen LogP contribution in [0.5, 0.6) is 0 Å². The topological polar surface area (TPSA) is 112 Å². The van der Waals surface area contributed by atoms with E-state index in [1.807, 2.05) is 6.92 Å². The number of sulfone groups is 1. The number of nitrogens with one attached hydrogen (secondary N) is 2. The molecule has 0 spiro atoms. The van der Waals surface area contributed by atoms with Gasteiger partial charge >= 0.3 is 0 Å². The maximum Gasteiger partial charge on any atom is 0.254 e. The van der Waals surface area contributed by atoms with Gasteiger partial charge in [0.25, 0.3) is 11.8 Å². The fraction of sp³-hybridized carbons (Fsp3) is 0.227. The Morgan fingerprint density at radius 2 is 1.97 bits per heavy atom. The number of carbonyl (C=O) groups excluding carboxylic acids is 2. The van der Waals surface area contributed by atoms with E-state index >= 15 is 0 Å². The first kappa shape index (κ1) is 20.8. The lowest BCUT2D eigenvalue weighted by Crippen LogP contribution is -2.27. The number of H-pyrrole nitrogens is 1. The minimum Gasteiger partial charge on any atom is -0.347 e. The molecule has 0 saturated carbocycles. The number of hydrogen-bond donors (Lipinski definition) is 2. The van der Waals surface area contributed by atoms with Crippen molar-refractivity contribution in [1.29, 1.82) is 0 Å². The van der Waals surface area contributed by atoms with E-state index in [4.69, 9.17) is 0 Å². The monoisotopic (exact) mass is 438 g/mol. The van der Waals surface area contributed by atoms with Crippen LogP contribution in [0, 0.1) is 0 Å². The highest BCUT2D eigenvalue weighted by atomic mass is 32.2. The van der Waals surface area contributed by atoms with Crippen LogP contribution in [0.1, 0.15) is 50.6 Å². The quantitative estimate of drug-likeness (QED) is 0.614. The second kappa shape index (κ2) is 7.99. The van der Waals surface area contributed by atoms with Crippen molar-refractivity contribution in [3.05, 3.63) is 82.9 Å². The third kappa shape index (κ3) is 4.36. The van der Waals surface area contributed by atoms with Crippen molar-refractivity contribution in [2.45, 2.75) is 31.0 Å². The van der Waals surface area contributed by atoms with E-state index in [9.17, 15) is 18.0 Å². The van der Waals surface area contributed by atoms with Crippen molar-refractivity contribution >= 4 is 21.7 Å². The molecule has 1 unspecified atom stereocenters. The van der Waals surface area contributed by atoms with Crippen LogP contribution in [0.4, 0.5) is 0 Å². The van der Waals surface area contributed by atoms with Crippen molar-refractivity contribution in [3.63, 3.8) is 0 Å². The number of rotatable bonds is 6. The predicted octanol–water partition coefficient (Wildman–Crippen LogP) is 2.46. The van der Waals surface area contributed by atoms with Crippen LogP contribution < -0.4 is 5.32 Å². The molecular weight excluding hydrogens is 416 g/mol. The predicted molar refractivity (Wildman–Crippen MR) is 114 cm³/mol. The van der Waals surface area contributed by atoms with Gasteiger partial charge in [0.15, 0.2) is 9.84 Å². The Morgan fingerprint density at radius 3 is 2.61 bits per heavy atom. The van der Waals surface area contributed by atoms with E-state index in [1.54, 1.807) is 59.8 Å². The van der Waals surface area contributed by atoms with Crippen LogP contribution in [0.25, 0.3) is 0 Å². The van der Waals surface area contributed by atoms with Gasteiger partial charge in [-0.15, -0.1) is 0 Å². The standard InChI is InChI=1S/C22H22N4O4S/c1-14(20-23-9-10-24-20)25-21(27)16-5-6-17-13-26(22(28)19(17)11-16)12-15-3-7-18(8-4-15)31(2,29)30/h3-11,14H,12-13H2,1-2H3,(H,23,24)(H,25,27). The maximum absolute atomic E-state index is 12.9. The molecule has 3 aromatic rings. The van der Waals surface area contributed by atoms with Crippen molar-refractivity contribution in [2.75, 3.05) is 6.26 Å². The van der Waals surface area contributed by atoms with Gasteiger partial charge < -0.3 is 15.2 Å². The molecule has 1 aliphatic heterocycles. The molecule has 0 bridgehead atoms. The lowest BCUT2D eigenvalue weighted by Gasteiger charge is -2.15. The Hall–Kier alpha value is -3.46. The van der Waals surface area contributed by atoms with Crippen LogP contribution in [0.3, 0.4) is 0 Å². The first-order valence-corrected chi connectivity index (χ1v) is 11.6. The first-order valence-electron chi connectivity index (χ1n) is 9.74. The summed E-state index contributed by atoms with van der Waals surface area (Å²) in [6.07, 6.45) is 4.47. The molecule has 0 saturated heterocycles. The molecule has 1 aliphatic rings. The van der Waals surface area contributed by atoms with Gasteiger partial charge in [0.1, 0.15) is 5.82 Å². The molecular formula is C22H22N4O4S. The zero-order chi connectivity index (χ0) is 22.2. The van der Waals surface area contributed by atoms with Gasteiger partial charge in [-0.3, -0.25) is 9.59 Å². The van der Waals surface area contributed by atoms with E-state index in [0.29, 0.717) is 30.0 Å². The van der Waals surface area contributed by atoms with Crippen LogP contribution in [-0.4, -0.2) is 41.4 Å². The second-order valence-corrected chi connectivity index (χ2v) is 9.63. The van der Waals surface area contributed by atoms with Gasteiger partial charge in [-0.25, -0.2) is 13.4 Å². The van der Waals surface area contributed by atoms with Crippen molar-refractivity contribution in [3.8, 4) is 0 Å². The van der Waals surface area contributed by atoms with Crippen LogP contribution >= 0.6 is 0 Å². The highest BCUT2D eigenvalue weighted by Gasteiger charge is 2.28. The summed E-state index contributed by atoms with van der Waals surface area (Å²) in [6.45, 7) is 2.62. The van der Waals surface area contributed by atoms with E-state index in [2.05, 4.69) is 15.3 Å². The molecule has 1 atom stereocenters. The number of hydrogen-bond acceptors (Lipinski definition) is 5. The number of imidazole rings is 1. The molecule has 2 amide bonds. The molecule has 1 aromatic heterocycles. The molecule has 2 aromatic carbocycles. The second-order valence-electron chi connectivity index (χ2n) is 7.62. The fourth-order valence-corrected chi connectivity index (χ4v) is 4.19. The smallest absolute Gasteiger partial charge is 0.254 e. The van der Waals surface area contributed by atoms with Crippen LogP contribution in [-0.2, 0) is 22.9 Å². The number of carbonyl (C=O) groups is 2. The Morgan fingerprint density at radius 1 is 1.23 bits per heavy atom. The van der Waals surface area contributed by atoms with E-state index in [1.165, 1.54) is 0 Å². The summed E-state index contributed by atoms with van der Waals surface area (Å²) in [4.78, 5) is 34.5. The lowest BCUT2D eigenvalue weighted by molar-refractivity contribution is 0.0766. The van der Waals surface area contributed by atoms with Gasteiger partial charge in [-0.05, 0) is 42.3 Å². The summed E-state index contributed by atoms with van der Waals surface area (Å²) < 4.78 is 23.2. The molecule has 8 nitrogen and oxygen atoms in total. The summed E-state index contributed by atoms with van der Waals surface area (Å²) in [5, 5.41) is 2.87. The summed E-state index contributed by atoms with van der Waals surface area (Å²) in [7, 11) is -3.26. The van der Waals surface area contributed by atoms with Crippen molar-refractivity contribution < 1.29 is 18.0 Å². The average Bonchev–Trinajstić information content (AvgIpc) is 3.37.